The number of rotatable bonds is 3. The van der Waals surface area contributed by atoms with Crippen molar-refractivity contribution in [2.24, 2.45) is 0 Å². The van der Waals surface area contributed by atoms with Gasteiger partial charge in [0.25, 0.3) is 0 Å². The molecule has 0 aliphatic rings. The van der Waals surface area contributed by atoms with E-state index in [0.29, 0.717) is 6.54 Å². The Labute approximate surface area is 105 Å². The van der Waals surface area contributed by atoms with Gasteiger partial charge in [-0.1, -0.05) is 54.6 Å². The first kappa shape index (κ1) is 12.1. The fraction of sp³-hybridized carbons (Fsp3) is 0.0714. The number of carbonyl (C=O) groups excluding carboxylic acids is 1. The van der Waals surface area contributed by atoms with Crippen LogP contribution in [0.4, 0.5) is 4.79 Å². The monoisotopic (exact) mass is 242 g/mol. The van der Waals surface area contributed by atoms with E-state index in [4.69, 9.17) is 5.21 Å². The minimum absolute atomic E-state index is 0.359. The predicted octanol–water partition coefficient (Wildman–Crippen LogP) is 2.54. The fourth-order valence-electron chi connectivity index (χ4n) is 1.79. The molecule has 0 atom stereocenters. The maximum absolute atomic E-state index is 11.0. The van der Waals surface area contributed by atoms with E-state index in [9.17, 15) is 4.79 Å². The summed E-state index contributed by atoms with van der Waals surface area (Å²) in [6.45, 7) is 0.359. The lowest BCUT2D eigenvalue weighted by Gasteiger charge is -2.10. The van der Waals surface area contributed by atoms with Crippen LogP contribution in [-0.4, -0.2) is 11.2 Å². The molecule has 0 radical (unpaired) electrons. The molecule has 0 aromatic heterocycles. The van der Waals surface area contributed by atoms with Crippen LogP contribution in [0.1, 0.15) is 5.56 Å². The third-order valence-electron chi connectivity index (χ3n) is 2.64. The second kappa shape index (κ2) is 5.84. The van der Waals surface area contributed by atoms with Crippen molar-refractivity contribution in [3.8, 4) is 11.1 Å². The number of hydrogen-bond acceptors (Lipinski definition) is 2. The maximum atomic E-state index is 11.0. The van der Waals surface area contributed by atoms with Crippen molar-refractivity contribution in [3.63, 3.8) is 0 Å². The Hall–Kier alpha value is -2.33. The Morgan fingerprint density at radius 3 is 2.39 bits per heavy atom. The highest BCUT2D eigenvalue weighted by Gasteiger charge is 2.05. The summed E-state index contributed by atoms with van der Waals surface area (Å²) in [5.74, 6) is 0. The van der Waals surface area contributed by atoms with Gasteiger partial charge in [0.05, 0.1) is 0 Å². The fourth-order valence-corrected chi connectivity index (χ4v) is 1.79. The van der Waals surface area contributed by atoms with Crippen LogP contribution < -0.4 is 10.8 Å². The molecule has 2 rings (SSSR count). The lowest BCUT2D eigenvalue weighted by Crippen LogP contribution is -2.32. The van der Waals surface area contributed by atoms with Crippen LogP contribution in [0, 0.1) is 0 Å². The number of amides is 2. The van der Waals surface area contributed by atoms with Crippen LogP contribution in [0.3, 0.4) is 0 Å². The summed E-state index contributed by atoms with van der Waals surface area (Å²) in [6, 6.07) is 17.2. The van der Waals surface area contributed by atoms with Gasteiger partial charge in [0.15, 0.2) is 0 Å². The van der Waals surface area contributed by atoms with E-state index in [1.807, 2.05) is 54.6 Å². The third-order valence-corrected chi connectivity index (χ3v) is 2.64. The number of hydrogen-bond donors (Lipinski definition) is 3. The topological polar surface area (TPSA) is 61.4 Å². The minimum atomic E-state index is -0.613. The van der Waals surface area contributed by atoms with E-state index in [0.717, 1.165) is 16.7 Å². The Kier molecular flexibility index (Phi) is 3.94. The molecular formula is C14H14N2O2. The molecule has 2 amide bonds. The second-order valence-electron chi connectivity index (χ2n) is 3.82. The van der Waals surface area contributed by atoms with Gasteiger partial charge in [-0.15, -0.1) is 0 Å². The maximum Gasteiger partial charge on any atom is 0.338 e. The van der Waals surface area contributed by atoms with Gasteiger partial charge in [0.1, 0.15) is 0 Å². The summed E-state index contributed by atoms with van der Waals surface area (Å²) in [6.07, 6.45) is 0. The van der Waals surface area contributed by atoms with Gasteiger partial charge < -0.3 is 5.32 Å². The molecule has 0 bridgehead atoms. The van der Waals surface area contributed by atoms with Gasteiger partial charge in [0.2, 0.25) is 0 Å². The van der Waals surface area contributed by atoms with E-state index >= 15 is 0 Å². The van der Waals surface area contributed by atoms with Crippen molar-refractivity contribution in [1.82, 2.24) is 10.8 Å². The van der Waals surface area contributed by atoms with Crippen LogP contribution in [-0.2, 0) is 6.54 Å². The summed E-state index contributed by atoms with van der Waals surface area (Å²) in [4.78, 5) is 11.0. The molecule has 4 nitrogen and oxygen atoms in total. The summed E-state index contributed by atoms with van der Waals surface area (Å²) in [5.41, 5.74) is 4.70. The van der Waals surface area contributed by atoms with Gasteiger partial charge in [-0.3, -0.25) is 5.21 Å². The number of nitrogens with one attached hydrogen (secondary N) is 2. The zero-order valence-electron chi connectivity index (χ0n) is 9.76. The van der Waals surface area contributed by atoms with Crippen LogP contribution in [0.2, 0.25) is 0 Å². The van der Waals surface area contributed by atoms with E-state index < -0.39 is 6.03 Å². The lowest BCUT2D eigenvalue weighted by molar-refractivity contribution is 0.161. The Balaban J connectivity index is 2.24. The van der Waals surface area contributed by atoms with Gasteiger partial charge in [-0.2, -0.15) is 0 Å². The van der Waals surface area contributed by atoms with Crippen molar-refractivity contribution in [1.29, 1.82) is 0 Å². The molecule has 3 N–H and O–H groups in total. The van der Waals surface area contributed by atoms with Crippen molar-refractivity contribution >= 4 is 6.03 Å². The van der Waals surface area contributed by atoms with E-state index in [-0.39, 0.29) is 0 Å². The summed E-state index contributed by atoms with van der Waals surface area (Å²) < 4.78 is 0. The molecule has 0 fully saturated rings. The highest BCUT2D eigenvalue weighted by Crippen LogP contribution is 2.23. The van der Waals surface area contributed by atoms with Gasteiger partial charge in [-0.05, 0) is 16.7 Å². The number of urea groups is 1. The highest BCUT2D eigenvalue weighted by molar-refractivity contribution is 5.73. The quantitative estimate of drug-likeness (QED) is 0.572. The van der Waals surface area contributed by atoms with Gasteiger partial charge in [0, 0.05) is 6.54 Å². The smallest absolute Gasteiger partial charge is 0.332 e. The van der Waals surface area contributed by atoms with E-state index in [2.05, 4.69) is 5.32 Å². The van der Waals surface area contributed by atoms with E-state index in [1.165, 1.54) is 0 Å². The third kappa shape index (κ3) is 2.87. The number of carbonyl (C=O) groups is 1. The zero-order chi connectivity index (χ0) is 12.8. The average molecular weight is 242 g/mol. The predicted molar refractivity (Wildman–Crippen MR) is 69.0 cm³/mol. The van der Waals surface area contributed by atoms with Crippen molar-refractivity contribution < 1.29 is 10.0 Å². The van der Waals surface area contributed by atoms with Crippen molar-refractivity contribution in [2.45, 2.75) is 6.54 Å². The first-order valence-corrected chi connectivity index (χ1v) is 5.62. The Morgan fingerprint density at radius 2 is 1.67 bits per heavy atom. The SMILES string of the molecule is O=C(NO)NCc1ccccc1-c1ccccc1. The van der Waals surface area contributed by atoms with Crippen LogP contribution in [0.25, 0.3) is 11.1 Å². The Morgan fingerprint density at radius 1 is 1.00 bits per heavy atom. The Bertz CT molecular complexity index is 526. The molecule has 0 unspecified atom stereocenters. The minimum Gasteiger partial charge on any atom is -0.332 e. The molecule has 18 heavy (non-hydrogen) atoms. The number of benzene rings is 2. The number of hydroxylamine groups is 1. The molecule has 2 aromatic carbocycles. The van der Waals surface area contributed by atoms with Crippen LogP contribution in [0.5, 0.6) is 0 Å². The van der Waals surface area contributed by atoms with Gasteiger partial charge in [-0.25, -0.2) is 10.3 Å². The lowest BCUT2D eigenvalue weighted by atomic mass is 10.00. The molecule has 0 spiro atoms. The zero-order valence-corrected chi connectivity index (χ0v) is 9.76. The first-order chi connectivity index (χ1) is 8.81. The largest absolute Gasteiger partial charge is 0.338 e. The normalized spacial score (nSPS) is 9.83. The molecule has 0 saturated heterocycles. The van der Waals surface area contributed by atoms with Crippen molar-refractivity contribution in [3.05, 3.63) is 60.2 Å². The summed E-state index contributed by atoms with van der Waals surface area (Å²) >= 11 is 0. The first-order valence-electron chi connectivity index (χ1n) is 5.62. The summed E-state index contributed by atoms with van der Waals surface area (Å²) in [7, 11) is 0. The molecular weight excluding hydrogens is 228 g/mol. The molecule has 0 saturated carbocycles. The molecule has 4 heteroatoms. The molecule has 0 heterocycles. The molecule has 0 aliphatic carbocycles. The van der Waals surface area contributed by atoms with E-state index in [1.54, 1.807) is 5.48 Å². The molecule has 92 valence electrons. The molecule has 2 aromatic rings. The standard InChI is InChI=1S/C14H14N2O2/c17-14(16-18)15-10-12-8-4-5-9-13(12)11-6-2-1-3-7-11/h1-9,18H,10H2,(H2,15,16,17). The summed E-state index contributed by atoms with van der Waals surface area (Å²) in [5, 5.41) is 11.0. The average Bonchev–Trinajstić information content (AvgIpc) is 2.46. The van der Waals surface area contributed by atoms with Gasteiger partial charge >= 0.3 is 6.03 Å². The van der Waals surface area contributed by atoms with Crippen molar-refractivity contribution in [2.75, 3.05) is 0 Å². The highest BCUT2D eigenvalue weighted by atomic mass is 16.5. The van der Waals surface area contributed by atoms with Crippen LogP contribution >= 0.6 is 0 Å². The van der Waals surface area contributed by atoms with Crippen LogP contribution in [0.15, 0.2) is 54.6 Å². The second-order valence-corrected chi connectivity index (χ2v) is 3.82. The molecule has 0 aliphatic heterocycles.